The highest BCUT2D eigenvalue weighted by molar-refractivity contribution is 6.36. The minimum Gasteiger partial charge on any atom is -0.443 e. The highest BCUT2D eigenvalue weighted by Crippen LogP contribution is 2.12. The van der Waals surface area contributed by atoms with Gasteiger partial charge in [-0.1, -0.05) is 13.8 Å². The van der Waals surface area contributed by atoms with Crippen LogP contribution in [0.3, 0.4) is 0 Å². The van der Waals surface area contributed by atoms with E-state index in [1.54, 1.807) is 11.2 Å². The number of halogens is 1. The smallest absolute Gasteiger partial charge is 0.426 e. The third-order valence-electron chi connectivity index (χ3n) is 2.73. The van der Waals surface area contributed by atoms with E-state index in [2.05, 4.69) is 29.2 Å². The highest BCUT2D eigenvalue weighted by atomic mass is 35.5. The topological polar surface area (TPSA) is 67.4 Å². The third kappa shape index (κ3) is 6.51. The van der Waals surface area contributed by atoms with Gasteiger partial charge in [-0.05, 0) is 50.2 Å². The Labute approximate surface area is 138 Å². The molecule has 1 heterocycles. The van der Waals surface area contributed by atoms with E-state index < -0.39 is 11.7 Å². The maximum Gasteiger partial charge on any atom is 0.426 e. The molecule has 0 saturated heterocycles. The molecular formula is C14H24BClN4O2. The summed E-state index contributed by atoms with van der Waals surface area (Å²) < 4.78 is 5.30. The average Bonchev–Trinajstić information content (AvgIpc) is 2.35. The van der Waals surface area contributed by atoms with E-state index in [-0.39, 0.29) is 5.28 Å². The summed E-state index contributed by atoms with van der Waals surface area (Å²) in [6.45, 7) is 10.3. The second-order valence-corrected chi connectivity index (χ2v) is 6.93. The number of nitrogens with one attached hydrogen (secondary N) is 1. The molecule has 6 nitrogen and oxygen atoms in total. The van der Waals surface area contributed by atoms with Gasteiger partial charge in [0.1, 0.15) is 19.3 Å². The lowest BCUT2D eigenvalue weighted by Gasteiger charge is -2.28. The molecule has 0 aliphatic rings. The number of ether oxygens (including phenoxy) is 1. The molecule has 122 valence electrons. The van der Waals surface area contributed by atoms with Crippen LogP contribution in [0.1, 0.15) is 41.0 Å². The number of hydrogen-bond acceptors (Lipinski definition) is 5. The van der Waals surface area contributed by atoms with Crippen molar-refractivity contribution in [2.45, 2.75) is 46.6 Å². The number of rotatable bonds is 5. The molecule has 8 heteroatoms. The van der Waals surface area contributed by atoms with Gasteiger partial charge in [-0.3, -0.25) is 5.01 Å². The maximum atomic E-state index is 12.0. The van der Waals surface area contributed by atoms with E-state index in [9.17, 15) is 4.79 Å². The van der Waals surface area contributed by atoms with Crippen molar-refractivity contribution in [2.24, 2.45) is 5.92 Å². The van der Waals surface area contributed by atoms with Crippen LogP contribution >= 0.6 is 11.6 Å². The standard InChI is InChI=1S/C14H24BClN4O2/c1-9(2)6-7-20(19-13(21)22-14(3,4)5)11-10(15)8-17-12(16)18-11/h8-9H,6-7,15H2,1-5H3,(H,19,21). The molecule has 0 fully saturated rings. The van der Waals surface area contributed by atoms with Crippen molar-refractivity contribution in [3.8, 4) is 0 Å². The Morgan fingerprint density at radius 2 is 2.14 bits per heavy atom. The van der Waals surface area contributed by atoms with E-state index in [4.69, 9.17) is 16.3 Å². The number of nitrogens with zero attached hydrogens (tertiary/aromatic N) is 3. The Balaban J connectivity index is 2.93. The molecule has 0 aliphatic carbocycles. The maximum absolute atomic E-state index is 12.0. The lowest BCUT2D eigenvalue weighted by molar-refractivity contribution is 0.0520. The number of hydrazine groups is 1. The van der Waals surface area contributed by atoms with E-state index >= 15 is 0 Å². The molecule has 0 aliphatic heterocycles. The molecule has 0 unspecified atom stereocenters. The van der Waals surface area contributed by atoms with Crippen molar-refractivity contribution in [1.29, 1.82) is 0 Å². The van der Waals surface area contributed by atoms with Crippen LogP contribution in [0.5, 0.6) is 0 Å². The van der Waals surface area contributed by atoms with E-state index in [1.807, 2.05) is 28.6 Å². The summed E-state index contributed by atoms with van der Waals surface area (Å²) in [7, 11) is 1.87. The molecule has 0 atom stereocenters. The number of aromatic nitrogens is 2. The number of carbonyl (C=O) groups excluding carboxylic acids is 1. The second kappa shape index (κ2) is 7.67. The van der Waals surface area contributed by atoms with Gasteiger partial charge in [-0.2, -0.15) is 4.98 Å². The molecule has 1 rings (SSSR count). The van der Waals surface area contributed by atoms with Crippen LogP contribution < -0.4 is 15.9 Å². The van der Waals surface area contributed by atoms with Gasteiger partial charge in [0, 0.05) is 12.7 Å². The van der Waals surface area contributed by atoms with Crippen LogP contribution in [-0.2, 0) is 4.74 Å². The summed E-state index contributed by atoms with van der Waals surface area (Å²) in [5.74, 6) is 1.06. The molecule has 0 aromatic carbocycles. The number of carbonyl (C=O) groups is 1. The van der Waals surface area contributed by atoms with Gasteiger partial charge in [0.2, 0.25) is 5.28 Å². The van der Waals surface area contributed by atoms with Gasteiger partial charge < -0.3 is 4.74 Å². The summed E-state index contributed by atoms with van der Waals surface area (Å²) in [6, 6.07) is 0. The second-order valence-electron chi connectivity index (χ2n) is 6.59. The zero-order valence-electron chi connectivity index (χ0n) is 14.1. The lowest BCUT2D eigenvalue weighted by atomic mass is 9.99. The van der Waals surface area contributed by atoms with Crippen LogP contribution in [0.4, 0.5) is 10.6 Å². The van der Waals surface area contributed by atoms with Crippen LogP contribution in [-0.4, -0.2) is 36.1 Å². The SMILES string of the molecule is Bc1cnc(Cl)nc1N(CCC(C)C)NC(=O)OC(C)(C)C. The summed E-state index contributed by atoms with van der Waals surface area (Å²) >= 11 is 5.87. The van der Waals surface area contributed by atoms with E-state index in [0.29, 0.717) is 18.3 Å². The lowest BCUT2D eigenvalue weighted by Crippen LogP contribution is -2.48. The summed E-state index contributed by atoms with van der Waals surface area (Å²) in [4.78, 5) is 20.2. The van der Waals surface area contributed by atoms with Crippen LogP contribution in [0.15, 0.2) is 6.20 Å². The first-order valence-electron chi connectivity index (χ1n) is 7.35. The summed E-state index contributed by atoms with van der Waals surface area (Å²) in [6.07, 6.45) is 1.99. The predicted molar refractivity (Wildman–Crippen MR) is 91.4 cm³/mol. The fourth-order valence-electron chi connectivity index (χ4n) is 1.70. The minimum absolute atomic E-state index is 0.140. The first kappa shape index (κ1) is 18.6. The van der Waals surface area contributed by atoms with Crippen molar-refractivity contribution in [1.82, 2.24) is 15.4 Å². The van der Waals surface area contributed by atoms with Crippen LogP contribution in [0.2, 0.25) is 5.28 Å². The number of anilines is 1. The summed E-state index contributed by atoms with van der Waals surface area (Å²) in [5.41, 5.74) is 3.00. The van der Waals surface area contributed by atoms with E-state index in [0.717, 1.165) is 11.9 Å². The average molecular weight is 327 g/mol. The quantitative estimate of drug-likeness (QED) is 0.506. The first-order valence-corrected chi connectivity index (χ1v) is 7.72. The van der Waals surface area contributed by atoms with Crippen molar-refractivity contribution < 1.29 is 9.53 Å². The van der Waals surface area contributed by atoms with Gasteiger partial charge in [0.25, 0.3) is 0 Å². The monoisotopic (exact) mass is 326 g/mol. The van der Waals surface area contributed by atoms with Crippen LogP contribution in [0, 0.1) is 5.92 Å². The molecule has 22 heavy (non-hydrogen) atoms. The molecular weight excluding hydrogens is 302 g/mol. The molecule has 0 bridgehead atoms. The van der Waals surface area contributed by atoms with Gasteiger partial charge in [0.05, 0.1) is 0 Å². The normalized spacial score (nSPS) is 11.4. The van der Waals surface area contributed by atoms with Crippen molar-refractivity contribution >= 4 is 36.8 Å². The molecule has 1 N–H and O–H groups in total. The Morgan fingerprint density at radius 1 is 1.50 bits per heavy atom. The van der Waals surface area contributed by atoms with Gasteiger partial charge in [-0.25, -0.2) is 15.2 Å². The zero-order chi connectivity index (χ0) is 16.9. The largest absolute Gasteiger partial charge is 0.443 e. The van der Waals surface area contributed by atoms with Gasteiger partial charge >= 0.3 is 6.09 Å². The minimum atomic E-state index is -0.563. The van der Waals surface area contributed by atoms with E-state index in [1.165, 1.54) is 0 Å². The van der Waals surface area contributed by atoms with Crippen LogP contribution in [0.25, 0.3) is 0 Å². The summed E-state index contributed by atoms with van der Waals surface area (Å²) in [5, 5.41) is 1.80. The predicted octanol–water partition coefficient (Wildman–Crippen LogP) is 1.68. The Hall–Kier alpha value is -1.50. The highest BCUT2D eigenvalue weighted by Gasteiger charge is 2.20. The number of amides is 1. The fraction of sp³-hybridized carbons (Fsp3) is 0.643. The Morgan fingerprint density at radius 3 is 2.68 bits per heavy atom. The molecule has 0 radical (unpaired) electrons. The Kier molecular flexibility index (Phi) is 6.47. The first-order chi connectivity index (χ1) is 10.1. The van der Waals surface area contributed by atoms with Crippen molar-refractivity contribution in [3.05, 3.63) is 11.5 Å². The molecule has 0 saturated carbocycles. The van der Waals surface area contributed by atoms with Crippen molar-refractivity contribution in [2.75, 3.05) is 11.6 Å². The zero-order valence-corrected chi connectivity index (χ0v) is 14.9. The molecule has 1 aromatic rings. The molecule has 1 amide bonds. The Bertz CT molecular complexity index is 520. The van der Waals surface area contributed by atoms with Gasteiger partial charge in [0.15, 0.2) is 0 Å². The molecule has 1 aromatic heterocycles. The number of hydrogen-bond donors (Lipinski definition) is 1. The van der Waals surface area contributed by atoms with Gasteiger partial charge in [-0.15, -0.1) is 0 Å². The third-order valence-corrected chi connectivity index (χ3v) is 2.91. The fourth-order valence-corrected chi connectivity index (χ4v) is 1.83. The molecule has 0 spiro atoms. The van der Waals surface area contributed by atoms with Crippen molar-refractivity contribution in [3.63, 3.8) is 0 Å².